The first-order chi connectivity index (χ1) is 19.3. The van der Waals surface area contributed by atoms with Crippen LogP contribution in [0.5, 0.6) is 23.0 Å². The van der Waals surface area contributed by atoms with Gasteiger partial charge in [0.25, 0.3) is 0 Å². The highest BCUT2D eigenvalue weighted by atomic mass is 16.5. The summed E-state index contributed by atoms with van der Waals surface area (Å²) in [5.41, 5.74) is 4.01. The van der Waals surface area contributed by atoms with Crippen molar-refractivity contribution < 1.29 is 28.9 Å². The summed E-state index contributed by atoms with van der Waals surface area (Å²) in [5, 5.41) is 18.4. The maximum Gasteiger partial charge on any atom is 0.411 e. The van der Waals surface area contributed by atoms with Crippen LogP contribution in [0.2, 0.25) is 0 Å². The quantitative estimate of drug-likeness (QED) is 0.172. The molecule has 4 rings (SSSR count). The third-order valence-electron chi connectivity index (χ3n) is 5.99. The molecule has 40 heavy (non-hydrogen) atoms. The average molecular weight is 542 g/mol. The Kier molecular flexibility index (Phi) is 9.09. The molecule has 9 heteroatoms. The minimum absolute atomic E-state index is 0.109. The van der Waals surface area contributed by atoms with E-state index in [0.29, 0.717) is 22.9 Å². The average Bonchev–Trinajstić information content (AvgIpc) is 2.95. The summed E-state index contributed by atoms with van der Waals surface area (Å²) in [5.74, 6) is 1.55. The Balaban J connectivity index is 1.37. The predicted molar refractivity (Wildman–Crippen MR) is 153 cm³/mol. The molecule has 4 N–H and O–H groups in total. The fraction of sp³-hybridized carbons (Fsp3) is 0.161. The van der Waals surface area contributed by atoms with Gasteiger partial charge in [-0.3, -0.25) is 5.32 Å². The molecular formula is C31H31N3O6. The zero-order chi connectivity index (χ0) is 28.5. The van der Waals surface area contributed by atoms with Crippen molar-refractivity contribution in [2.24, 2.45) is 0 Å². The standard InChI is InChI=1S/C31H31N3O6/c1-20-15-24(33-31(37)39-19-22-9-5-4-6-10-22)16-21(2)29(20)40-25-13-14-27(35)26(17-25)34-30(36)32-18-23-11-7-8-12-28(23)38-3/h4-17,35H,18-19H2,1-3H3,(H,33,37)(H2,32,34,36). The number of nitrogens with one attached hydrogen (secondary N) is 3. The molecule has 206 valence electrons. The lowest BCUT2D eigenvalue weighted by atomic mass is 10.1. The molecule has 0 radical (unpaired) electrons. The highest BCUT2D eigenvalue weighted by molar-refractivity contribution is 5.91. The number of methoxy groups -OCH3 is 1. The van der Waals surface area contributed by atoms with Gasteiger partial charge < -0.3 is 30.0 Å². The van der Waals surface area contributed by atoms with Gasteiger partial charge in [0.05, 0.1) is 12.8 Å². The number of amides is 3. The number of carbonyl (C=O) groups excluding carboxylic acids is 2. The molecule has 0 bridgehead atoms. The Morgan fingerprint density at radius 3 is 2.27 bits per heavy atom. The number of anilines is 2. The molecule has 0 heterocycles. The summed E-state index contributed by atoms with van der Waals surface area (Å²) in [6.07, 6.45) is -0.561. The topological polar surface area (TPSA) is 118 Å². The van der Waals surface area contributed by atoms with E-state index >= 15 is 0 Å². The second-order valence-corrected chi connectivity index (χ2v) is 9.03. The van der Waals surface area contributed by atoms with Crippen LogP contribution >= 0.6 is 0 Å². The van der Waals surface area contributed by atoms with Crippen LogP contribution in [-0.4, -0.2) is 24.3 Å². The Morgan fingerprint density at radius 2 is 1.55 bits per heavy atom. The van der Waals surface area contributed by atoms with Crippen molar-refractivity contribution >= 4 is 23.5 Å². The van der Waals surface area contributed by atoms with E-state index in [1.165, 1.54) is 12.1 Å². The normalized spacial score (nSPS) is 10.4. The second-order valence-electron chi connectivity index (χ2n) is 9.03. The van der Waals surface area contributed by atoms with Crippen molar-refractivity contribution in [1.82, 2.24) is 5.32 Å². The molecule has 0 atom stereocenters. The summed E-state index contributed by atoms with van der Waals surface area (Å²) >= 11 is 0. The molecule has 9 nitrogen and oxygen atoms in total. The number of para-hydroxylation sites is 1. The SMILES string of the molecule is COc1ccccc1CNC(=O)Nc1cc(Oc2c(C)cc(NC(=O)OCc3ccccc3)cc2C)ccc1O. The summed E-state index contributed by atoms with van der Waals surface area (Å²) in [6.45, 7) is 4.12. The van der Waals surface area contributed by atoms with Gasteiger partial charge in [-0.25, -0.2) is 9.59 Å². The smallest absolute Gasteiger partial charge is 0.411 e. The van der Waals surface area contributed by atoms with E-state index in [0.717, 1.165) is 22.3 Å². The molecule has 0 saturated carbocycles. The molecule has 0 aliphatic heterocycles. The van der Waals surface area contributed by atoms with Gasteiger partial charge >= 0.3 is 12.1 Å². The van der Waals surface area contributed by atoms with Gasteiger partial charge in [-0.15, -0.1) is 0 Å². The highest BCUT2D eigenvalue weighted by Gasteiger charge is 2.13. The largest absolute Gasteiger partial charge is 0.506 e. The minimum atomic E-state index is -0.561. The number of rotatable bonds is 9. The van der Waals surface area contributed by atoms with E-state index in [1.54, 1.807) is 25.3 Å². The highest BCUT2D eigenvalue weighted by Crippen LogP contribution is 2.35. The molecule has 0 aliphatic carbocycles. The third-order valence-corrected chi connectivity index (χ3v) is 5.99. The third kappa shape index (κ3) is 7.44. The maximum atomic E-state index is 12.5. The summed E-state index contributed by atoms with van der Waals surface area (Å²) in [4.78, 5) is 24.8. The number of hydrogen-bond donors (Lipinski definition) is 4. The summed E-state index contributed by atoms with van der Waals surface area (Å²) in [6, 6.07) is 24.4. The fourth-order valence-corrected chi connectivity index (χ4v) is 4.05. The molecule has 0 fully saturated rings. The van der Waals surface area contributed by atoms with Gasteiger partial charge in [0.1, 0.15) is 29.6 Å². The van der Waals surface area contributed by atoms with E-state index in [4.69, 9.17) is 14.2 Å². The van der Waals surface area contributed by atoms with E-state index in [2.05, 4.69) is 16.0 Å². The van der Waals surface area contributed by atoms with Crippen molar-refractivity contribution in [2.45, 2.75) is 27.0 Å². The predicted octanol–water partition coefficient (Wildman–Crippen LogP) is 6.88. The van der Waals surface area contributed by atoms with Gasteiger partial charge in [-0.05, 0) is 60.9 Å². The summed E-state index contributed by atoms with van der Waals surface area (Å²) in [7, 11) is 1.57. The second kappa shape index (κ2) is 13.1. The zero-order valence-corrected chi connectivity index (χ0v) is 22.5. The Bertz CT molecular complexity index is 1470. The molecule has 4 aromatic carbocycles. The monoisotopic (exact) mass is 541 g/mol. The number of ether oxygens (including phenoxy) is 3. The number of hydrogen-bond acceptors (Lipinski definition) is 6. The summed E-state index contributed by atoms with van der Waals surface area (Å²) < 4.78 is 16.7. The van der Waals surface area contributed by atoms with Crippen molar-refractivity contribution in [3.8, 4) is 23.0 Å². The number of benzene rings is 4. The molecule has 0 aliphatic rings. The van der Waals surface area contributed by atoms with Gasteiger partial charge in [0, 0.05) is 23.9 Å². The molecule has 4 aromatic rings. The molecule has 0 saturated heterocycles. The van der Waals surface area contributed by atoms with Crippen LogP contribution in [0, 0.1) is 13.8 Å². The molecule has 0 aromatic heterocycles. The van der Waals surface area contributed by atoms with Crippen molar-refractivity contribution in [3.63, 3.8) is 0 Å². The Morgan fingerprint density at radius 1 is 0.850 bits per heavy atom. The molecule has 0 unspecified atom stereocenters. The fourth-order valence-electron chi connectivity index (χ4n) is 4.05. The Labute approximate surface area is 232 Å². The number of phenols is 1. The van der Waals surface area contributed by atoms with Gasteiger partial charge in [0.15, 0.2) is 0 Å². The van der Waals surface area contributed by atoms with E-state index < -0.39 is 12.1 Å². The van der Waals surface area contributed by atoms with E-state index in [1.807, 2.05) is 68.4 Å². The number of carbonyl (C=O) groups is 2. The molecular weight excluding hydrogens is 510 g/mol. The van der Waals surface area contributed by atoms with E-state index in [-0.39, 0.29) is 24.6 Å². The maximum absolute atomic E-state index is 12.5. The van der Waals surface area contributed by atoms with Crippen LogP contribution in [0.3, 0.4) is 0 Å². The van der Waals surface area contributed by atoms with Crippen molar-refractivity contribution in [2.75, 3.05) is 17.7 Å². The first kappa shape index (κ1) is 27.8. The number of aromatic hydroxyl groups is 1. The number of phenolic OH excluding ortho intramolecular Hbond substituents is 1. The number of urea groups is 1. The van der Waals surface area contributed by atoms with Crippen LogP contribution in [0.25, 0.3) is 0 Å². The van der Waals surface area contributed by atoms with E-state index in [9.17, 15) is 14.7 Å². The van der Waals surface area contributed by atoms with Gasteiger partial charge in [-0.1, -0.05) is 48.5 Å². The molecule has 0 spiro atoms. The van der Waals surface area contributed by atoms with Crippen molar-refractivity contribution in [1.29, 1.82) is 0 Å². The zero-order valence-electron chi connectivity index (χ0n) is 22.5. The van der Waals surface area contributed by atoms with Crippen molar-refractivity contribution in [3.05, 3.63) is 107 Å². The molecule has 3 amide bonds. The van der Waals surface area contributed by atoms with Crippen LogP contribution < -0.4 is 25.4 Å². The van der Waals surface area contributed by atoms with Gasteiger partial charge in [-0.2, -0.15) is 0 Å². The minimum Gasteiger partial charge on any atom is -0.506 e. The first-order valence-corrected chi connectivity index (χ1v) is 12.6. The lowest BCUT2D eigenvalue weighted by Gasteiger charge is -2.16. The first-order valence-electron chi connectivity index (χ1n) is 12.6. The number of aryl methyl sites for hydroxylation is 2. The van der Waals surface area contributed by atoms with Crippen LogP contribution in [-0.2, 0) is 17.9 Å². The lowest BCUT2D eigenvalue weighted by molar-refractivity contribution is 0.155. The van der Waals surface area contributed by atoms with Gasteiger partial charge in [0.2, 0.25) is 0 Å². The lowest BCUT2D eigenvalue weighted by Crippen LogP contribution is -2.28. The van der Waals surface area contributed by atoms with Crippen LogP contribution in [0.15, 0.2) is 84.9 Å². The Hall–Kier alpha value is -5.18. The van der Waals surface area contributed by atoms with Crippen LogP contribution in [0.4, 0.5) is 21.0 Å². The van der Waals surface area contributed by atoms with Crippen LogP contribution in [0.1, 0.15) is 22.3 Å².